The molecule has 3 aromatic heterocycles. The maximum Gasteiger partial charge on any atom is 0.255 e. The monoisotopic (exact) mass is 475 g/mol. The van der Waals surface area contributed by atoms with Crippen LogP contribution in [0.25, 0.3) is 11.4 Å². The highest BCUT2D eigenvalue weighted by molar-refractivity contribution is 9.11. The predicted molar refractivity (Wildman–Crippen MR) is 106 cm³/mol. The van der Waals surface area contributed by atoms with Crippen LogP contribution in [-0.2, 0) is 19.5 Å². The molecule has 0 saturated carbocycles. The lowest BCUT2D eigenvalue weighted by Gasteiger charge is -2.28. The van der Waals surface area contributed by atoms with E-state index in [-0.39, 0.29) is 5.56 Å². The van der Waals surface area contributed by atoms with Crippen molar-refractivity contribution < 1.29 is 0 Å². The molecule has 1 N–H and O–H groups in total. The second kappa shape index (κ2) is 7.38. The minimum Gasteiger partial charge on any atom is -0.306 e. The van der Waals surface area contributed by atoms with Gasteiger partial charge in [0.1, 0.15) is 5.82 Å². The molecule has 0 amide bonds. The summed E-state index contributed by atoms with van der Waals surface area (Å²) in [6, 6.07) is 3.69. The molecule has 6 nitrogen and oxygen atoms in total. The molecule has 3 aromatic rings. The van der Waals surface area contributed by atoms with Crippen LogP contribution in [0.3, 0.4) is 0 Å². The van der Waals surface area contributed by atoms with E-state index in [2.05, 4.69) is 56.7 Å². The smallest absolute Gasteiger partial charge is 0.255 e. The van der Waals surface area contributed by atoms with E-state index in [1.165, 1.54) is 0 Å². The Morgan fingerprint density at radius 1 is 1.12 bits per heavy atom. The first-order valence-corrected chi connectivity index (χ1v) is 9.73. The zero-order chi connectivity index (χ0) is 18.1. The summed E-state index contributed by atoms with van der Waals surface area (Å²) in [5.41, 5.74) is 3.55. The van der Waals surface area contributed by atoms with Gasteiger partial charge in [-0.1, -0.05) is 0 Å². The van der Waals surface area contributed by atoms with Gasteiger partial charge in [-0.25, -0.2) is 4.98 Å². The molecule has 26 heavy (non-hydrogen) atoms. The van der Waals surface area contributed by atoms with Gasteiger partial charge >= 0.3 is 0 Å². The van der Waals surface area contributed by atoms with E-state index in [1.54, 1.807) is 24.8 Å². The Kier molecular flexibility index (Phi) is 4.97. The van der Waals surface area contributed by atoms with Gasteiger partial charge in [-0.15, -0.1) is 0 Å². The van der Waals surface area contributed by atoms with Gasteiger partial charge < -0.3 is 4.98 Å². The lowest BCUT2D eigenvalue weighted by atomic mass is 10.1. The third-order valence-corrected chi connectivity index (χ3v) is 5.80. The van der Waals surface area contributed by atoms with Crippen molar-refractivity contribution in [2.45, 2.75) is 19.5 Å². The number of aromatic nitrogens is 4. The highest BCUT2D eigenvalue weighted by Crippen LogP contribution is 2.27. The standard InChI is InChI=1S/C18H15Br2N5O/c19-14-7-22-8-15(20)12(14)9-25-6-3-16-13(10-25)18(26)24-17(23-16)11-1-4-21-5-2-11/h1-2,4-5,7-8H,3,6,9-10H2,(H,23,24,26). The highest BCUT2D eigenvalue weighted by Gasteiger charge is 2.22. The van der Waals surface area contributed by atoms with Crippen molar-refractivity contribution in [1.82, 2.24) is 24.8 Å². The number of nitrogens with one attached hydrogen (secondary N) is 1. The number of hydrogen-bond acceptors (Lipinski definition) is 5. The molecule has 4 heterocycles. The zero-order valence-electron chi connectivity index (χ0n) is 13.7. The number of halogens is 2. The summed E-state index contributed by atoms with van der Waals surface area (Å²) < 4.78 is 1.91. The van der Waals surface area contributed by atoms with E-state index in [0.717, 1.165) is 50.8 Å². The van der Waals surface area contributed by atoms with E-state index >= 15 is 0 Å². The molecule has 0 saturated heterocycles. The van der Waals surface area contributed by atoms with Gasteiger partial charge in [-0.2, -0.15) is 0 Å². The second-order valence-corrected chi connectivity index (χ2v) is 7.83. The molecule has 1 aliphatic heterocycles. The molecular weight excluding hydrogens is 462 g/mol. The number of hydrogen-bond donors (Lipinski definition) is 1. The van der Waals surface area contributed by atoms with Crippen molar-refractivity contribution in [3.8, 4) is 11.4 Å². The van der Waals surface area contributed by atoms with Gasteiger partial charge in [0, 0.05) is 65.4 Å². The summed E-state index contributed by atoms with van der Waals surface area (Å²) in [6.45, 7) is 2.16. The number of fused-ring (bicyclic) bond motifs is 1. The Hall–Kier alpha value is -1.90. The second-order valence-electron chi connectivity index (χ2n) is 6.12. The Balaban J connectivity index is 1.61. The molecule has 0 radical (unpaired) electrons. The van der Waals surface area contributed by atoms with Gasteiger partial charge in [0.25, 0.3) is 5.56 Å². The van der Waals surface area contributed by atoms with E-state index in [9.17, 15) is 4.79 Å². The number of rotatable bonds is 3. The molecule has 4 rings (SSSR count). The van der Waals surface area contributed by atoms with Gasteiger partial charge in [0.2, 0.25) is 0 Å². The van der Waals surface area contributed by atoms with Crippen molar-refractivity contribution in [3.63, 3.8) is 0 Å². The first-order chi connectivity index (χ1) is 12.6. The van der Waals surface area contributed by atoms with Gasteiger partial charge in [-0.3, -0.25) is 19.7 Å². The number of aromatic amines is 1. The van der Waals surface area contributed by atoms with Crippen LogP contribution in [0.1, 0.15) is 16.8 Å². The molecule has 132 valence electrons. The van der Waals surface area contributed by atoms with Crippen molar-refractivity contribution in [2.24, 2.45) is 0 Å². The van der Waals surface area contributed by atoms with Gasteiger partial charge in [-0.05, 0) is 49.6 Å². The minimum atomic E-state index is -0.0700. The number of nitrogens with zero attached hydrogens (tertiary/aromatic N) is 4. The third kappa shape index (κ3) is 3.49. The predicted octanol–water partition coefficient (Wildman–Crippen LogP) is 3.31. The normalized spacial score (nSPS) is 14.2. The average molecular weight is 477 g/mol. The summed E-state index contributed by atoms with van der Waals surface area (Å²) >= 11 is 7.10. The zero-order valence-corrected chi connectivity index (χ0v) is 16.9. The topological polar surface area (TPSA) is 74.8 Å². The fraction of sp³-hybridized carbons (Fsp3) is 0.222. The summed E-state index contributed by atoms with van der Waals surface area (Å²) in [5, 5.41) is 0. The van der Waals surface area contributed by atoms with Crippen molar-refractivity contribution in [2.75, 3.05) is 6.54 Å². The Labute approximate surface area is 167 Å². The van der Waals surface area contributed by atoms with E-state index in [1.807, 2.05) is 12.1 Å². The summed E-state index contributed by atoms with van der Waals surface area (Å²) in [5.74, 6) is 0.601. The van der Waals surface area contributed by atoms with Crippen LogP contribution in [0.15, 0.2) is 50.7 Å². The molecular formula is C18H15Br2N5O. The summed E-state index contributed by atoms with van der Waals surface area (Å²) in [7, 11) is 0. The number of H-pyrrole nitrogens is 1. The van der Waals surface area contributed by atoms with E-state index in [4.69, 9.17) is 0 Å². The highest BCUT2D eigenvalue weighted by atomic mass is 79.9. The van der Waals surface area contributed by atoms with Crippen LogP contribution in [0.4, 0.5) is 0 Å². The lowest BCUT2D eigenvalue weighted by Crippen LogP contribution is -2.35. The first-order valence-electron chi connectivity index (χ1n) is 8.14. The average Bonchev–Trinajstić information content (AvgIpc) is 2.66. The Bertz CT molecular complexity index is 986. The Morgan fingerprint density at radius 3 is 2.58 bits per heavy atom. The molecule has 0 aromatic carbocycles. The number of pyridine rings is 2. The maximum absolute atomic E-state index is 12.6. The lowest BCUT2D eigenvalue weighted by molar-refractivity contribution is 0.241. The largest absolute Gasteiger partial charge is 0.306 e. The van der Waals surface area contributed by atoms with E-state index < -0.39 is 0 Å². The summed E-state index contributed by atoms with van der Waals surface area (Å²) in [6.07, 6.45) is 7.71. The van der Waals surface area contributed by atoms with Gasteiger partial charge in [0.15, 0.2) is 0 Å². The van der Waals surface area contributed by atoms with Crippen LogP contribution >= 0.6 is 31.9 Å². The molecule has 0 fully saturated rings. The molecule has 0 spiro atoms. The SMILES string of the molecule is O=c1[nH]c(-c2ccncc2)nc2c1CN(Cc1c(Br)cncc1Br)CC2. The van der Waals surface area contributed by atoms with Crippen LogP contribution in [0.5, 0.6) is 0 Å². The van der Waals surface area contributed by atoms with Crippen LogP contribution in [0, 0.1) is 0 Å². The molecule has 0 aliphatic carbocycles. The Morgan fingerprint density at radius 2 is 1.85 bits per heavy atom. The van der Waals surface area contributed by atoms with Crippen LogP contribution in [0.2, 0.25) is 0 Å². The fourth-order valence-corrected chi connectivity index (χ4v) is 4.26. The van der Waals surface area contributed by atoms with Crippen molar-refractivity contribution in [3.05, 3.63) is 73.0 Å². The molecule has 8 heteroatoms. The third-order valence-electron chi connectivity index (χ3n) is 4.44. The van der Waals surface area contributed by atoms with E-state index in [0.29, 0.717) is 12.4 Å². The molecule has 0 atom stereocenters. The van der Waals surface area contributed by atoms with Crippen LogP contribution in [-0.4, -0.2) is 31.4 Å². The summed E-state index contributed by atoms with van der Waals surface area (Å²) in [4.78, 5) is 30.6. The maximum atomic E-state index is 12.6. The van der Waals surface area contributed by atoms with Crippen molar-refractivity contribution in [1.29, 1.82) is 0 Å². The van der Waals surface area contributed by atoms with Gasteiger partial charge in [0.05, 0.1) is 11.3 Å². The quantitative estimate of drug-likeness (QED) is 0.627. The molecule has 1 aliphatic rings. The minimum absolute atomic E-state index is 0.0700. The van der Waals surface area contributed by atoms with Crippen molar-refractivity contribution >= 4 is 31.9 Å². The molecule has 0 unspecified atom stereocenters. The van der Waals surface area contributed by atoms with Crippen LogP contribution < -0.4 is 5.56 Å². The molecule has 0 bridgehead atoms. The fourth-order valence-electron chi connectivity index (χ4n) is 3.08. The first kappa shape index (κ1) is 17.5.